The molecule has 24 heavy (non-hydrogen) atoms. The lowest BCUT2D eigenvalue weighted by atomic mass is 9.79. The van der Waals surface area contributed by atoms with Crippen LogP contribution in [-0.2, 0) is 11.0 Å². The lowest BCUT2D eigenvalue weighted by molar-refractivity contribution is -0.141. The van der Waals surface area contributed by atoms with Crippen LogP contribution < -0.4 is 5.73 Å². The number of allylic oxidation sites excluding steroid dienone is 2. The van der Waals surface area contributed by atoms with Gasteiger partial charge in [-0.25, -0.2) is 4.79 Å². The van der Waals surface area contributed by atoms with E-state index in [-0.39, 0.29) is 6.08 Å². The van der Waals surface area contributed by atoms with Crippen molar-refractivity contribution in [3.8, 4) is 0 Å². The number of benzene rings is 1. The fourth-order valence-corrected chi connectivity index (χ4v) is 2.44. The molecule has 0 heterocycles. The van der Waals surface area contributed by atoms with Crippen LogP contribution in [0.1, 0.15) is 17.0 Å². The molecule has 1 aromatic rings. The topological polar surface area (TPSA) is 63.3 Å². The molecular formula is C15H11F6NO2. The molecule has 0 fully saturated rings. The summed E-state index contributed by atoms with van der Waals surface area (Å²) in [4.78, 5) is 11.0. The summed E-state index contributed by atoms with van der Waals surface area (Å²) >= 11 is 0. The van der Waals surface area contributed by atoms with E-state index in [1.54, 1.807) is 0 Å². The predicted octanol–water partition coefficient (Wildman–Crippen LogP) is 3.63. The average molecular weight is 351 g/mol. The molecule has 0 radical (unpaired) electrons. The molecule has 2 rings (SSSR count). The van der Waals surface area contributed by atoms with Crippen LogP contribution in [0.25, 0.3) is 0 Å². The second kappa shape index (κ2) is 5.66. The number of carboxylic acids is 1. The minimum Gasteiger partial charge on any atom is -0.479 e. The second-order valence-corrected chi connectivity index (χ2v) is 5.26. The first-order valence-corrected chi connectivity index (χ1v) is 6.54. The molecule has 0 saturated carbocycles. The van der Waals surface area contributed by atoms with Gasteiger partial charge in [0.1, 0.15) is 0 Å². The molecule has 3 nitrogen and oxygen atoms in total. The Hall–Kier alpha value is -2.29. The highest BCUT2D eigenvalue weighted by Gasteiger charge is 2.46. The van der Waals surface area contributed by atoms with Crippen molar-refractivity contribution in [3.05, 3.63) is 59.2 Å². The highest BCUT2D eigenvalue weighted by Crippen LogP contribution is 2.45. The smallest absolute Gasteiger partial charge is 0.416 e. The number of hydrogen-bond acceptors (Lipinski definition) is 2. The van der Waals surface area contributed by atoms with Crippen molar-refractivity contribution in [1.29, 1.82) is 0 Å². The van der Waals surface area contributed by atoms with Gasteiger partial charge < -0.3 is 10.8 Å². The Balaban J connectivity index is 2.64. The molecule has 0 spiro atoms. The Labute approximate surface area is 132 Å². The molecule has 9 heteroatoms. The molecule has 0 amide bonds. The van der Waals surface area contributed by atoms with E-state index in [1.165, 1.54) is 6.07 Å². The summed E-state index contributed by atoms with van der Waals surface area (Å²) in [6.45, 7) is 0. The Kier molecular flexibility index (Phi) is 4.26. The highest BCUT2D eigenvalue weighted by molar-refractivity contribution is 5.85. The third kappa shape index (κ3) is 3.30. The zero-order valence-corrected chi connectivity index (χ0v) is 11.8. The van der Waals surface area contributed by atoms with Crippen molar-refractivity contribution >= 4 is 5.97 Å². The van der Waals surface area contributed by atoms with E-state index >= 15 is 0 Å². The maximum absolute atomic E-state index is 13.3. The molecule has 130 valence electrons. The summed E-state index contributed by atoms with van der Waals surface area (Å²) in [5, 5.41) is 8.95. The second-order valence-electron chi connectivity index (χ2n) is 5.26. The summed E-state index contributed by atoms with van der Waals surface area (Å²) in [7, 11) is 0. The largest absolute Gasteiger partial charge is 0.479 e. The van der Waals surface area contributed by atoms with E-state index < -0.39 is 46.5 Å². The molecule has 1 aliphatic rings. The number of rotatable bonds is 2. The van der Waals surface area contributed by atoms with Gasteiger partial charge in [0.25, 0.3) is 0 Å². The first kappa shape index (κ1) is 18.1. The van der Waals surface area contributed by atoms with Crippen LogP contribution >= 0.6 is 0 Å². The molecule has 1 aliphatic carbocycles. The van der Waals surface area contributed by atoms with Gasteiger partial charge in [0.15, 0.2) is 5.54 Å². The van der Waals surface area contributed by atoms with Crippen LogP contribution in [0.5, 0.6) is 0 Å². The number of alkyl halides is 6. The van der Waals surface area contributed by atoms with E-state index in [9.17, 15) is 31.1 Å². The van der Waals surface area contributed by atoms with Gasteiger partial charge in [0.2, 0.25) is 0 Å². The lowest BCUT2D eigenvalue weighted by Crippen LogP contribution is -2.47. The van der Waals surface area contributed by atoms with Gasteiger partial charge in [-0.05, 0) is 17.7 Å². The van der Waals surface area contributed by atoms with Gasteiger partial charge in [-0.2, -0.15) is 26.3 Å². The van der Waals surface area contributed by atoms with E-state index in [2.05, 4.69) is 0 Å². The van der Waals surface area contributed by atoms with Crippen molar-refractivity contribution in [2.45, 2.75) is 23.8 Å². The number of nitrogens with two attached hydrogens (primary N) is 1. The quantitative estimate of drug-likeness (QED) is 0.632. The van der Waals surface area contributed by atoms with Crippen molar-refractivity contribution in [1.82, 2.24) is 0 Å². The number of carbonyl (C=O) groups is 1. The van der Waals surface area contributed by atoms with Gasteiger partial charge >= 0.3 is 18.3 Å². The Morgan fingerprint density at radius 2 is 1.67 bits per heavy atom. The summed E-state index contributed by atoms with van der Waals surface area (Å²) in [5.41, 5.74) is -0.375. The molecule has 3 N–H and O–H groups in total. The molecule has 0 aromatic heterocycles. The van der Waals surface area contributed by atoms with Gasteiger partial charge in [-0.15, -0.1) is 0 Å². The number of carboxylic acid groups (broad SMARTS) is 1. The monoisotopic (exact) mass is 351 g/mol. The van der Waals surface area contributed by atoms with Crippen LogP contribution in [0.15, 0.2) is 48.1 Å². The highest BCUT2D eigenvalue weighted by atomic mass is 19.4. The van der Waals surface area contributed by atoms with Crippen molar-refractivity contribution in [3.63, 3.8) is 0 Å². The number of aliphatic carboxylic acids is 1. The molecule has 0 aliphatic heterocycles. The lowest BCUT2D eigenvalue weighted by Gasteiger charge is -2.30. The molecule has 2 atom stereocenters. The minimum absolute atomic E-state index is 0.243. The summed E-state index contributed by atoms with van der Waals surface area (Å²) in [5.74, 6) is -3.55. The molecule has 2 unspecified atom stereocenters. The van der Waals surface area contributed by atoms with Crippen LogP contribution in [0.4, 0.5) is 26.3 Å². The molecular weight excluding hydrogens is 340 g/mol. The Bertz CT molecular complexity index is 719. The Morgan fingerprint density at radius 3 is 2.17 bits per heavy atom. The van der Waals surface area contributed by atoms with Crippen LogP contribution in [0, 0.1) is 0 Å². The predicted molar refractivity (Wildman–Crippen MR) is 72.0 cm³/mol. The number of hydrogen-bond donors (Lipinski definition) is 2. The maximum atomic E-state index is 13.3. The Morgan fingerprint density at radius 1 is 1.08 bits per heavy atom. The third-order valence-electron chi connectivity index (χ3n) is 3.59. The summed E-state index contributed by atoms with van der Waals surface area (Å²) < 4.78 is 79.0. The standard InChI is InChI=1S/C15H11F6NO2/c16-14(17,18)10-4-2-1-3-8(10)9-5-6-13(22,12(23)24)7-11(9)15(19,20)21/h1-7,9H,22H2,(H,23,24). The van der Waals surface area contributed by atoms with Gasteiger partial charge in [0.05, 0.1) is 5.56 Å². The normalized spacial score (nSPS) is 24.6. The first-order chi connectivity index (χ1) is 10.9. The number of halogens is 6. The SMILES string of the molecule is NC1(C(=O)O)C=CC(c2ccccc2C(F)(F)F)C(C(F)(F)F)=C1. The van der Waals surface area contributed by atoms with E-state index in [4.69, 9.17) is 10.8 Å². The van der Waals surface area contributed by atoms with Crippen LogP contribution in [0.3, 0.4) is 0 Å². The molecule has 0 saturated heterocycles. The van der Waals surface area contributed by atoms with E-state index in [0.29, 0.717) is 6.07 Å². The average Bonchev–Trinajstić information content (AvgIpc) is 2.45. The van der Waals surface area contributed by atoms with E-state index in [1.807, 2.05) is 0 Å². The van der Waals surface area contributed by atoms with Crippen molar-refractivity contribution in [2.24, 2.45) is 5.73 Å². The zero-order valence-electron chi connectivity index (χ0n) is 11.8. The van der Waals surface area contributed by atoms with Crippen molar-refractivity contribution < 1.29 is 36.2 Å². The van der Waals surface area contributed by atoms with Gasteiger partial charge in [0, 0.05) is 11.5 Å². The first-order valence-electron chi connectivity index (χ1n) is 6.54. The summed E-state index contributed by atoms with van der Waals surface area (Å²) in [6.07, 6.45) is -8.17. The fourth-order valence-electron chi connectivity index (χ4n) is 2.44. The maximum Gasteiger partial charge on any atom is 0.416 e. The van der Waals surface area contributed by atoms with Gasteiger partial charge in [-0.1, -0.05) is 30.4 Å². The fraction of sp³-hybridized carbons (Fsp3) is 0.267. The van der Waals surface area contributed by atoms with Crippen LogP contribution in [0.2, 0.25) is 0 Å². The zero-order chi connectivity index (χ0) is 18.3. The van der Waals surface area contributed by atoms with Gasteiger partial charge in [-0.3, -0.25) is 0 Å². The molecule has 1 aromatic carbocycles. The van der Waals surface area contributed by atoms with Crippen LogP contribution in [-0.4, -0.2) is 22.8 Å². The minimum atomic E-state index is -5.05. The third-order valence-corrected chi connectivity index (χ3v) is 3.59. The van der Waals surface area contributed by atoms with Crippen molar-refractivity contribution in [2.75, 3.05) is 0 Å². The van der Waals surface area contributed by atoms with E-state index in [0.717, 1.165) is 24.3 Å². The summed E-state index contributed by atoms with van der Waals surface area (Å²) in [6, 6.07) is 3.81. The molecule has 0 bridgehead atoms.